The number of thiophene rings is 1. The van der Waals surface area contributed by atoms with Crippen molar-refractivity contribution in [3.63, 3.8) is 0 Å². The largest absolute Gasteiger partial charge is 0.328 e. The zero-order valence-electron chi connectivity index (χ0n) is 12.6. The van der Waals surface area contributed by atoms with E-state index in [-0.39, 0.29) is 0 Å². The first-order chi connectivity index (χ1) is 10.2. The Bertz CT molecular complexity index is 556. The Hall–Kier alpha value is -1.16. The van der Waals surface area contributed by atoms with Gasteiger partial charge in [-0.3, -0.25) is 0 Å². The van der Waals surface area contributed by atoms with Gasteiger partial charge in [-0.05, 0) is 66.1 Å². The van der Waals surface area contributed by atoms with Gasteiger partial charge < -0.3 is 11.1 Å². The average molecular weight is 300 g/mol. The number of nitrogens with one attached hydrogen (secondary N) is 1. The quantitative estimate of drug-likeness (QED) is 0.881. The van der Waals surface area contributed by atoms with Gasteiger partial charge in [0.25, 0.3) is 0 Å². The maximum atomic E-state index is 5.22. The summed E-state index contributed by atoms with van der Waals surface area (Å²) in [6, 6.07) is 12.7. The molecule has 3 heteroatoms. The van der Waals surface area contributed by atoms with E-state index in [9.17, 15) is 0 Å². The lowest BCUT2D eigenvalue weighted by atomic mass is 9.97. The van der Waals surface area contributed by atoms with Crippen molar-refractivity contribution in [3.8, 4) is 11.1 Å². The van der Waals surface area contributed by atoms with Crippen molar-refractivity contribution in [3.05, 3.63) is 46.7 Å². The minimum Gasteiger partial charge on any atom is -0.328 e. The van der Waals surface area contributed by atoms with Gasteiger partial charge in [0, 0.05) is 18.1 Å². The van der Waals surface area contributed by atoms with Crippen molar-refractivity contribution < 1.29 is 0 Å². The van der Waals surface area contributed by atoms with Gasteiger partial charge >= 0.3 is 0 Å². The number of hydrogen-bond donors (Lipinski definition) is 2. The summed E-state index contributed by atoms with van der Waals surface area (Å²) in [4.78, 5) is 0. The molecule has 0 amide bonds. The Kier molecular flexibility index (Phi) is 4.73. The molecule has 0 radical (unpaired) electrons. The average Bonchev–Trinajstić information content (AvgIpc) is 3.42. The molecule has 1 aromatic carbocycles. The van der Waals surface area contributed by atoms with Crippen LogP contribution < -0.4 is 11.1 Å². The second-order valence-corrected chi connectivity index (χ2v) is 6.88. The smallest absolute Gasteiger partial charge is 0.0300 e. The molecule has 1 aromatic heterocycles. The van der Waals surface area contributed by atoms with Crippen LogP contribution in [0.1, 0.15) is 44.2 Å². The summed E-state index contributed by atoms with van der Waals surface area (Å²) in [6.07, 6.45) is 5.20. The van der Waals surface area contributed by atoms with E-state index < -0.39 is 0 Å². The molecule has 0 bridgehead atoms. The second-order valence-electron chi connectivity index (χ2n) is 6.10. The number of benzene rings is 1. The van der Waals surface area contributed by atoms with E-state index in [4.69, 9.17) is 5.73 Å². The first-order valence-corrected chi connectivity index (χ1v) is 8.81. The Balaban J connectivity index is 0.000000287. The molecule has 0 aliphatic heterocycles. The highest BCUT2D eigenvalue weighted by molar-refractivity contribution is 7.08. The molecule has 4 rings (SSSR count). The lowest BCUT2D eigenvalue weighted by Crippen LogP contribution is -2.21. The van der Waals surface area contributed by atoms with E-state index in [2.05, 4.69) is 53.3 Å². The summed E-state index contributed by atoms with van der Waals surface area (Å²) in [6.45, 7) is 2.27. The minimum absolute atomic E-state index is 0.443. The fourth-order valence-electron chi connectivity index (χ4n) is 2.34. The first kappa shape index (κ1) is 14.8. The SMILES string of the molecule is CC(NC1CC1)c1ccccc1-c1ccsc1.NC1CC1. The third-order valence-corrected chi connectivity index (χ3v) is 4.63. The zero-order valence-corrected chi connectivity index (χ0v) is 13.4. The van der Waals surface area contributed by atoms with Crippen LogP contribution in [0.5, 0.6) is 0 Å². The zero-order chi connectivity index (χ0) is 14.7. The van der Waals surface area contributed by atoms with Crippen LogP contribution in [0.4, 0.5) is 0 Å². The highest BCUT2D eigenvalue weighted by Crippen LogP contribution is 2.31. The summed E-state index contributed by atoms with van der Waals surface area (Å²) < 4.78 is 0. The van der Waals surface area contributed by atoms with Gasteiger partial charge in [0.05, 0.1) is 0 Å². The first-order valence-electron chi connectivity index (χ1n) is 7.87. The van der Waals surface area contributed by atoms with E-state index in [1.165, 1.54) is 42.4 Å². The Morgan fingerprint density at radius 1 is 1.14 bits per heavy atom. The Morgan fingerprint density at radius 3 is 2.43 bits per heavy atom. The monoisotopic (exact) mass is 300 g/mol. The van der Waals surface area contributed by atoms with Crippen LogP contribution in [-0.4, -0.2) is 12.1 Å². The molecule has 2 saturated carbocycles. The van der Waals surface area contributed by atoms with E-state index >= 15 is 0 Å². The topological polar surface area (TPSA) is 38.0 Å². The van der Waals surface area contributed by atoms with E-state index in [1.807, 2.05) is 0 Å². The molecule has 1 heterocycles. The van der Waals surface area contributed by atoms with Crippen LogP contribution in [0.15, 0.2) is 41.1 Å². The van der Waals surface area contributed by atoms with Crippen molar-refractivity contribution >= 4 is 11.3 Å². The molecule has 2 aromatic rings. The van der Waals surface area contributed by atoms with Gasteiger partial charge in [0.1, 0.15) is 0 Å². The molecule has 2 aliphatic rings. The van der Waals surface area contributed by atoms with Gasteiger partial charge in [-0.25, -0.2) is 0 Å². The van der Waals surface area contributed by atoms with Crippen molar-refractivity contribution in [1.29, 1.82) is 0 Å². The molecule has 112 valence electrons. The standard InChI is InChI=1S/C15H17NS.C3H7N/c1-11(16-13-6-7-13)14-4-2-3-5-15(14)12-8-9-17-10-12;4-3-1-2-3/h2-5,8-11,13,16H,6-7H2,1H3;3H,1-2,4H2. The van der Waals surface area contributed by atoms with Crippen molar-refractivity contribution in [2.45, 2.75) is 50.7 Å². The fraction of sp³-hybridized carbons (Fsp3) is 0.444. The molecule has 3 N–H and O–H groups in total. The molecule has 0 spiro atoms. The number of nitrogens with two attached hydrogens (primary N) is 1. The van der Waals surface area contributed by atoms with Gasteiger partial charge in [0.2, 0.25) is 0 Å². The molecule has 1 unspecified atom stereocenters. The third-order valence-electron chi connectivity index (χ3n) is 3.94. The van der Waals surface area contributed by atoms with Gasteiger partial charge in [-0.2, -0.15) is 11.3 Å². The van der Waals surface area contributed by atoms with Gasteiger partial charge in [-0.1, -0.05) is 24.3 Å². The van der Waals surface area contributed by atoms with Crippen LogP contribution in [-0.2, 0) is 0 Å². The number of hydrogen-bond acceptors (Lipinski definition) is 3. The highest BCUT2D eigenvalue weighted by atomic mass is 32.1. The van der Waals surface area contributed by atoms with E-state index in [0.29, 0.717) is 12.1 Å². The second kappa shape index (κ2) is 6.73. The summed E-state index contributed by atoms with van der Waals surface area (Å²) in [5.74, 6) is 0. The van der Waals surface area contributed by atoms with Crippen LogP contribution >= 0.6 is 11.3 Å². The normalized spacial score (nSPS) is 18.8. The van der Waals surface area contributed by atoms with E-state index in [0.717, 1.165) is 6.04 Å². The van der Waals surface area contributed by atoms with Crippen LogP contribution in [0.3, 0.4) is 0 Å². The maximum absolute atomic E-state index is 5.22. The fourth-order valence-corrected chi connectivity index (χ4v) is 3.00. The predicted molar refractivity (Wildman–Crippen MR) is 91.5 cm³/mol. The highest BCUT2D eigenvalue weighted by Gasteiger charge is 2.24. The summed E-state index contributed by atoms with van der Waals surface area (Å²) in [7, 11) is 0. The molecule has 1 atom stereocenters. The van der Waals surface area contributed by atoms with Gasteiger partial charge in [-0.15, -0.1) is 0 Å². The van der Waals surface area contributed by atoms with Gasteiger partial charge in [0.15, 0.2) is 0 Å². The third kappa shape index (κ3) is 4.40. The minimum atomic E-state index is 0.443. The molecule has 2 fully saturated rings. The molecule has 2 aliphatic carbocycles. The molecule has 2 nitrogen and oxygen atoms in total. The lowest BCUT2D eigenvalue weighted by Gasteiger charge is -2.17. The molecule has 0 saturated heterocycles. The summed E-state index contributed by atoms with van der Waals surface area (Å²) in [5.41, 5.74) is 9.35. The lowest BCUT2D eigenvalue weighted by molar-refractivity contribution is 0.572. The van der Waals surface area contributed by atoms with Crippen LogP contribution in [0, 0.1) is 0 Å². The van der Waals surface area contributed by atoms with Crippen molar-refractivity contribution in [1.82, 2.24) is 5.32 Å². The maximum Gasteiger partial charge on any atom is 0.0300 e. The Morgan fingerprint density at radius 2 is 1.86 bits per heavy atom. The number of rotatable bonds is 4. The predicted octanol–water partition coefficient (Wildman–Crippen LogP) is 4.34. The van der Waals surface area contributed by atoms with Crippen LogP contribution in [0.25, 0.3) is 11.1 Å². The van der Waals surface area contributed by atoms with Crippen molar-refractivity contribution in [2.75, 3.05) is 0 Å². The molecular weight excluding hydrogens is 276 g/mol. The molecule has 21 heavy (non-hydrogen) atoms. The summed E-state index contributed by atoms with van der Waals surface area (Å²) >= 11 is 1.76. The molecular formula is C18H24N2S. The summed E-state index contributed by atoms with van der Waals surface area (Å²) in [5, 5.41) is 8.04. The van der Waals surface area contributed by atoms with Crippen molar-refractivity contribution in [2.24, 2.45) is 5.73 Å². The van der Waals surface area contributed by atoms with E-state index in [1.54, 1.807) is 11.3 Å². The Labute approximate surface area is 131 Å². The van der Waals surface area contributed by atoms with Crippen LogP contribution in [0.2, 0.25) is 0 Å².